The minimum atomic E-state index is -3.51. The van der Waals surface area contributed by atoms with Crippen LogP contribution < -0.4 is 5.32 Å². The SMILES string of the molecule is C[C@@H](CCc1ccccc1)NC(=O)C1CCN(S(=O)(=O)Cc2ccc(Cl)cc2Cl)CC1. The molecule has 3 rings (SSSR count). The summed E-state index contributed by atoms with van der Waals surface area (Å²) in [5.74, 6) is -0.320. The van der Waals surface area contributed by atoms with Crippen molar-refractivity contribution in [1.29, 1.82) is 0 Å². The van der Waals surface area contributed by atoms with Gasteiger partial charge in [0.1, 0.15) is 0 Å². The Morgan fingerprint density at radius 2 is 1.81 bits per heavy atom. The van der Waals surface area contributed by atoms with Gasteiger partial charge in [-0.25, -0.2) is 12.7 Å². The van der Waals surface area contributed by atoms with Gasteiger partial charge >= 0.3 is 0 Å². The average molecular weight is 483 g/mol. The Morgan fingerprint density at radius 1 is 1.13 bits per heavy atom. The monoisotopic (exact) mass is 482 g/mol. The molecule has 0 aliphatic carbocycles. The van der Waals surface area contributed by atoms with E-state index >= 15 is 0 Å². The normalized spacial score (nSPS) is 16.7. The molecular formula is C23H28Cl2N2O3S. The first-order chi connectivity index (χ1) is 14.7. The summed E-state index contributed by atoms with van der Waals surface area (Å²) >= 11 is 12.0. The number of hydrogen-bond donors (Lipinski definition) is 1. The average Bonchev–Trinajstić information content (AvgIpc) is 2.75. The molecule has 168 valence electrons. The maximum Gasteiger partial charge on any atom is 0.223 e. The lowest BCUT2D eigenvalue weighted by molar-refractivity contribution is -0.126. The molecule has 0 aromatic heterocycles. The van der Waals surface area contributed by atoms with Gasteiger partial charge in [0.05, 0.1) is 5.75 Å². The zero-order chi connectivity index (χ0) is 22.4. The van der Waals surface area contributed by atoms with Gasteiger partial charge in [-0.3, -0.25) is 4.79 Å². The van der Waals surface area contributed by atoms with E-state index in [2.05, 4.69) is 17.4 Å². The lowest BCUT2D eigenvalue weighted by atomic mass is 9.96. The summed E-state index contributed by atoms with van der Waals surface area (Å²) in [6, 6.07) is 15.1. The van der Waals surface area contributed by atoms with E-state index in [9.17, 15) is 13.2 Å². The molecule has 31 heavy (non-hydrogen) atoms. The number of halogens is 2. The van der Waals surface area contributed by atoms with Gasteiger partial charge in [-0.1, -0.05) is 59.6 Å². The summed E-state index contributed by atoms with van der Waals surface area (Å²) in [5.41, 5.74) is 1.78. The molecule has 1 amide bonds. The van der Waals surface area contributed by atoms with Crippen LogP contribution in [-0.4, -0.2) is 37.8 Å². The summed E-state index contributed by atoms with van der Waals surface area (Å²) in [5, 5.41) is 3.90. The third-order valence-corrected chi connectivity index (χ3v) is 8.08. The van der Waals surface area contributed by atoms with E-state index in [4.69, 9.17) is 23.2 Å². The van der Waals surface area contributed by atoms with Crippen LogP contribution in [0, 0.1) is 5.92 Å². The minimum Gasteiger partial charge on any atom is -0.353 e. The molecule has 1 N–H and O–H groups in total. The van der Waals surface area contributed by atoms with Crippen molar-refractivity contribution in [1.82, 2.24) is 9.62 Å². The smallest absolute Gasteiger partial charge is 0.223 e. The van der Waals surface area contributed by atoms with Crippen molar-refractivity contribution in [2.24, 2.45) is 5.92 Å². The topological polar surface area (TPSA) is 66.5 Å². The fourth-order valence-corrected chi connectivity index (χ4v) is 5.93. The highest BCUT2D eigenvalue weighted by atomic mass is 35.5. The van der Waals surface area contributed by atoms with Crippen molar-refractivity contribution in [2.45, 2.75) is 44.4 Å². The van der Waals surface area contributed by atoms with Gasteiger partial charge in [0.2, 0.25) is 15.9 Å². The second-order valence-corrected chi connectivity index (χ2v) is 10.9. The summed E-state index contributed by atoms with van der Waals surface area (Å²) in [4.78, 5) is 12.6. The van der Waals surface area contributed by atoms with Crippen molar-refractivity contribution in [3.63, 3.8) is 0 Å². The number of nitrogens with zero attached hydrogens (tertiary/aromatic N) is 1. The van der Waals surface area contributed by atoms with E-state index < -0.39 is 10.0 Å². The van der Waals surface area contributed by atoms with E-state index in [1.54, 1.807) is 18.2 Å². The Hall–Kier alpha value is -1.60. The highest BCUT2D eigenvalue weighted by Crippen LogP contribution is 2.26. The predicted molar refractivity (Wildman–Crippen MR) is 126 cm³/mol. The van der Waals surface area contributed by atoms with Crippen LogP contribution in [-0.2, 0) is 27.0 Å². The fraction of sp³-hybridized carbons (Fsp3) is 0.435. The number of rotatable bonds is 8. The number of piperidine rings is 1. The van der Waals surface area contributed by atoms with Gasteiger partial charge < -0.3 is 5.32 Å². The Kier molecular flexibility index (Phi) is 8.39. The van der Waals surface area contributed by atoms with E-state index in [0.29, 0.717) is 41.5 Å². The van der Waals surface area contributed by atoms with Gasteiger partial charge in [0, 0.05) is 35.1 Å². The largest absolute Gasteiger partial charge is 0.353 e. The highest BCUT2D eigenvalue weighted by molar-refractivity contribution is 7.88. The van der Waals surface area contributed by atoms with E-state index in [1.807, 2.05) is 25.1 Å². The molecule has 1 fully saturated rings. The first-order valence-corrected chi connectivity index (χ1v) is 12.9. The van der Waals surface area contributed by atoms with Crippen LogP contribution in [0.1, 0.15) is 37.3 Å². The number of hydrogen-bond acceptors (Lipinski definition) is 3. The Balaban J connectivity index is 1.47. The standard InChI is InChI=1S/C23H28Cl2N2O3S/c1-17(7-8-18-5-3-2-4-6-18)26-23(28)19-11-13-27(14-12-19)31(29,30)16-20-9-10-21(24)15-22(20)25/h2-6,9-10,15,17,19H,7-8,11-14,16H2,1H3,(H,26,28)/t17-/m0/s1. The number of nitrogens with one attached hydrogen (secondary N) is 1. The van der Waals surface area contributed by atoms with Crippen LogP contribution in [0.2, 0.25) is 10.0 Å². The first kappa shape index (κ1) is 24.1. The number of amides is 1. The molecule has 5 nitrogen and oxygen atoms in total. The molecule has 1 heterocycles. The zero-order valence-corrected chi connectivity index (χ0v) is 19.9. The quantitative estimate of drug-likeness (QED) is 0.594. The predicted octanol–water partition coefficient (Wildman–Crippen LogP) is 4.67. The van der Waals surface area contributed by atoms with Crippen molar-refractivity contribution < 1.29 is 13.2 Å². The zero-order valence-electron chi connectivity index (χ0n) is 17.6. The van der Waals surface area contributed by atoms with Crippen molar-refractivity contribution in [2.75, 3.05) is 13.1 Å². The van der Waals surface area contributed by atoms with E-state index in [0.717, 1.165) is 12.8 Å². The molecule has 2 aromatic carbocycles. The van der Waals surface area contributed by atoms with Crippen LogP contribution in [0.25, 0.3) is 0 Å². The number of aryl methyl sites for hydroxylation is 1. The minimum absolute atomic E-state index is 0.0124. The molecule has 0 unspecified atom stereocenters. The van der Waals surface area contributed by atoms with Crippen molar-refractivity contribution in [3.8, 4) is 0 Å². The van der Waals surface area contributed by atoms with Crippen LogP contribution in [0.3, 0.4) is 0 Å². The second-order valence-electron chi connectivity index (χ2n) is 8.10. The van der Waals surface area contributed by atoms with Gasteiger partial charge in [0.25, 0.3) is 0 Å². The molecule has 1 aliphatic heterocycles. The molecule has 0 radical (unpaired) electrons. The third kappa shape index (κ3) is 6.94. The summed E-state index contributed by atoms with van der Waals surface area (Å²) < 4.78 is 27.1. The molecule has 0 spiro atoms. The van der Waals surface area contributed by atoms with Gasteiger partial charge in [0.15, 0.2) is 0 Å². The Morgan fingerprint density at radius 3 is 2.45 bits per heavy atom. The van der Waals surface area contributed by atoms with Gasteiger partial charge in [-0.05, 0) is 55.9 Å². The lowest BCUT2D eigenvalue weighted by Crippen LogP contribution is -2.45. The van der Waals surface area contributed by atoms with Crippen molar-refractivity contribution >= 4 is 39.1 Å². The summed E-state index contributed by atoms with van der Waals surface area (Å²) in [6.07, 6.45) is 2.81. The molecule has 0 saturated carbocycles. The van der Waals surface area contributed by atoms with Crippen LogP contribution in [0.5, 0.6) is 0 Å². The van der Waals surface area contributed by atoms with Gasteiger partial charge in [-0.15, -0.1) is 0 Å². The van der Waals surface area contributed by atoms with Crippen molar-refractivity contribution in [3.05, 3.63) is 69.7 Å². The van der Waals surface area contributed by atoms with Gasteiger partial charge in [-0.2, -0.15) is 0 Å². The number of carbonyl (C=O) groups excluding carboxylic acids is 1. The number of carbonyl (C=O) groups is 1. The fourth-order valence-electron chi connectivity index (χ4n) is 3.78. The molecular weight excluding hydrogens is 455 g/mol. The molecule has 0 bridgehead atoms. The molecule has 2 aromatic rings. The maximum atomic E-state index is 12.8. The van der Waals surface area contributed by atoms with E-state index in [-0.39, 0.29) is 23.6 Å². The second kappa shape index (κ2) is 10.8. The highest BCUT2D eigenvalue weighted by Gasteiger charge is 2.31. The summed E-state index contributed by atoms with van der Waals surface area (Å²) in [6.45, 7) is 2.68. The lowest BCUT2D eigenvalue weighted by Gasteiger charge is -2.31. The first-order valence-electron chi connectivity index (χ1n) is 10.5. The number of benzene rings is 2. The third-order valence-electron chi connectivity index (χ3n) is 5.67. The van der Waals surface area contributed by atoms with E-state index in [1.165, 1.54) is 9.87 Å². The molecule has 1 aliphatic rings. The summed E-state index contributed by atoms with van der Waals surface area (Å²) in [7, 11) is -3.51. The van der Waals surface area contributed by atoms with Crippen LogP contribution >= 0.6 is 23.2 Å². The Bertz CT molecular complexity index is 991. The molecule has 1 atom stereocenters. The van der Waals surface area contributed by atoms with Crippen LogP contribution in [0.15, 0.2) is 48.5 Å². The van der Waals surface area contributed by atoms with Crippen LogP contribution in [0.4, 0.5) is 0 Å². The Labute approximate surface area is 194 Å². The molecule has 1 saturated heterocycles. The number of sulfonamides is 1. The maximum absolute atomic E-state index is 12.8. The molecule has 8 heteroatoms.